The highest BCUT2D eigenvalue weighted by atomic mass is 15.4. The van der Waals surface area contributed by atoms with E-state index in [4.69, 9.17) is 0 Å². The Morgan fingerprint density at radius 2 is 2.25 bits per heavy atom. The molecule has 0 aliphatic carbocycles. The number of hydrogen-bond acceptors (Lipinski definition) is 2. The molecule has 0 spiro atoms. The fourth-order valence-corrected chi connectivity index (χ4v) is 1.04. The number of rotatable bonds is 4. The molecule has 0 unspecified atom stereocenters. The molecule has 0 fully saturated rings. The number of nitrogens with zero attached hydrogens (tertiary/aromatic N) is 3. The van der Waals surface area contributed by atoms with Gasteiger partial charge in [0.2, 0.25) is 0 Å². The molecule has 12 heavy (non-hydrogen) atoms. The van der Waals surface area contributed by atoms with Gasteiger partial charge in [0.1, 0.15) is 0 Å². The van der Waals surface area contributed by atoms with Gasteiger partial charge in [-0.15, -0.1) is 5.10 Å². The Labute approximate surface area is 73.8 Å². The van der Waals surface area contributed by atoms with Crippen molar-refractivity contribution in [1.82, 2.24) is 15.0 Å². The third kappa shape index (κ3) is 2.64. The molecule has 1 rings (SSSR count). The highest BCUT2D eigenvalue weighted by Crippen LogP contribution is 2.05. The average Bonchev–Trinajstić information content (AvgIpc) is 2.48. The molecule has 1 aromatic heterocycles. The molecule has 1 heterocycles. The second kappa shape index (κ2) is 4.24. The van der Waals surface area contributed by atoms with Crippen LogP contribution in [0.25, 0.3) is 0 Å². The van der Waals surface area contributed by atoms with E-state index < -0.39 is 0 Å². The highest BCUT2D eigenvalue weighted by Gasteiger charge is 2.00. The molecule has 0 aromatic carbocycles. The molecule has 0 aliphatic rings. The Balaban J connectivity index is 2.41. The Hall–Kier alpha value is -0.860. The second-order valence-electron chi connectivity index (χ2n) is 3.50. The Morgan fingerprint density at radius 3 is 2.75 bits per heavy atom. The van der Waals surface area contributed by atoms with E-state index in [0.717, 1.165) is 24.6 Å². The molecular formula is C9H17N3. The first-order chi connectivity index (χ1) is 5.72. The van der Waals surface area contributed by atoms with Gasteiger partial charge in [0.25, 0.3) is 0 Å². The maximum absolute atomic E-state index is 4.07. The van der Waals surface area contributed by atoms with Crippen LogP contribution < -0.4 is 0 Å². The van der Waals surface area contributed by atoms with Crippen LogP contribution >= 0.6 is 0 Å². The quantitative estimate of drug-likeness (QED) is 0.685. The lowest BCUT2D eigenvalue weighted by Gasteiger charge is -1.99. The van der Waals surface area contributed by atoms with E-state index in [2.05, 4.69) is 31.1 Å². The topological polar surface area (TPSA) is 30.7 Å². The van der Waals surface area contributed by atoms with Crippen molar-refractivity contribution in [2.75, 3.05) is 0 Å². The van der Waals surface area contributed by atoms with Crippen molar-refractivity contribution >= 4 is 0 Å². The molecule has 3 nitrogen and oxygen atoms in total. The van der Waals surface area contributed by atoms with Crippen LogP contribution in [0.3, 0.4) is 0 Å². The smallest absolute Gasteiger partial charge is 0.0827 e. The van der Waals surface area contributed by atoms with Gasteiger partial charge in [-0.25, -0.2) is 0 Å². The SMILES string of the molecule is CCn1cc(CCC(C)C)nn1. The van der Waals surface area contributed by atoms with Gasteiger partial charge in [0, 0.05) is 12.7 Å². The van der Waals surface area contributed by atoms with E-state index in [0.29, 0.717) is 0 Å². The minimum atomic E-state index is 0.747. The zero-order valence-corrected chi connectivity index (χ0v) is 8.12. The number of aromatic nitrogens is 3. The summed E-state index contributed by atoms with van der Waals surface area (Å²) in [6.07, 6.45) is 4.28. The van der Waals surface area contributed by atoms with Crippen molar-refractivity contribution in [2.24, 2.45) is 5.92 Å². The van der Waals surface area contributed by atoms with E-state index >= 15 is 0 Å². The van der Waals surface area contributed by atoms with Crippen molar-refractivity contribution in [3.63, 3.8) is 0 Å². The maximum atomic E-state index is 4.07. The van der Waals surface area contributed by atoms with E-state index in [9.17, 15) is 0 Å². The summed E-state index contributed by atoms with van der Waals surface area (Å²) in [7, 11) is 0. The van der Waals surface area contributed by atoms with Crippen LogP contribution in [0.4, 0.5) is 0 Å². The Morgan fingerprint density at radius 1 is 1.50 bits per heavy atom. The molecule has 3 heteroatoms. The fourth-order valence-electron chi connectivity index (χ4n) is 1.04. The lowest BCUT2D eigenvalue weighted by atomic mass is 10.1. The maximum Gasteiger partial charge on any atom is 0.0827 e. The molecule has 0 saturated heterocycles. The summed E-state index contributed by atoms with van der Waals surface area (Å²) >= 11 is 0. The summed E-state index contributed by atoms with van der Waals surface area (Å²) in [5.41, 5.74) is 1.12. The first-order valence-electron chi connectivity index (χ1n) is 4.61. The van der Waals surface area contributed by atoms with Crippen LogP contribution in [0, 0.1) is 5.92 Å². The predicted octanol–water partition coefficient (Wildman–Crippen LogP) is 1.89. The van der Waals surface area contributed by atoms with Gasteiger partial charge < -0.3 is 0 Å². The normalized spacial score (nSPS) is 11.0. The van der Waals surface area contributed by atoms with E-state index in [1.807, 2.05) is 10.9 Å². The minimum absolute atomic E-state index is 0.747. The third-order valence-corrected chi connectivity index (χ3v) is 1.89. The summed E-state index contributed by atoms with van der Waals surface area (Å²) in [6, 6.07) is 0. The summed E-state index contributed by atoms with van der Waals surface area (Å²) in [5, 5.41) is 8.05. The summed E-state index contributed by atoms with van der Waals surface area (Å²) in [5.74, 6) is 0.747. The van der Waals surface area contributed by atoms with Crippen LogP contribution in [-0.4, -0.2) is 15.0 Å². The van der Waals surface area contributed by atoms with Crippen LogP contribution in [0.2, 0.25) is 0 Å². The molecule has 0 radical (unpaired) electrons. The van der Waals surface area contributed by atoms with Crippen LogP contribution in [-0.2, 0) is 13.0 Å². The van der Waals surface area contributed by atoms with Crippen LogP contribution in [0.1, 0.15) is 32.9 Å². The molecule has 0 amide bonds. The Kier molecular flexibility index (Phi) is 3.26. The lowest BCUT2D eigenvalue weighted by molar-refractivity contribution is 0.580. The van der Waals surface area contributed by atoms with Crippen molar-refractivity contribution < 1.29 is 0 Å². The first kappa shape index (κ1) is 9.23. The summed E-state index contributed by atoms with van der Waals surface area (Å²) < 4.78 is 1.87. The molecule has 68 valence electrons. The summed E-state index contributed by atoms with van der Waals surface area (Å²) in [4.78, 5) is 0. The van der Waals surface area contributed by atoms with Gasteiger partial charge in [0.15, 0.2) is 0 Å². The van der Waals surface area contributed by atoms with Gasteiger partial charge in [-0.2, -0.15) is 0 Å². The van der Waals surface area contributed by atoms with Crippen molar-refractivity contribution in [3.05, 3.63) is 11.9 Å². The molecule has 0 aliphatic heterocycles. The standard InChI is InChI=1S/C9H17N3/c1-4-12-7-9(10-11-12)6-5-8(2)3/h7-8H,4-6H2,1-3H3. The highest BCUT2D eigenvalue weighted by molar-refractivity contribution is 4.92. The van der Waals surface area contributed by atoms with Gasteiger partial charge >= 0.3 is 0 Å². The minimum Gasteiger partial charge on any atom is -0.253 e. The third-order valence-electron chi connectivity index (χ3n) is 1.89. The van der Waals surface area contributed by atoms with Gasteiger partial charge in [0.05, 0.1) is 5.69 Å². The second-order valence-corrected chi connectivity index (χ2v) is 3.50. The van der Waals surface area contributed by atoms with Crippen molar-refractivity contribution in [1.29, 1.82) is 0 Å². The van der Waals surface area contributed by atoms with Crippen LogP contribution in [0.5, 0.6) is 0 Å². The van der Waals surface area contributed by atoms with E-state index in [1.54, 1.807) is 0 Å². The lowest BCUT2D eigenvalue weighted by Crippen LogP contribution is -1.93. The predicted molar refractivity (Wildman–Crippen MR) is 48.9 cm³/mol. The van der Waals surface area contributed by atoms with Gasteiger partial charge in [-0.3, -0.25) is 4.68 Å². The number of aryl methyl sites for hydroxylation is 2. The van der Waals surface area contributed by atoms with Gasteiger partial charge in [-0.1, -0.05) is 19.1 Å². The fraction of sp³-hybridized carbons (Fsp3) is 0.778. The van der Waals surface area contributed by atoms with Crippen LogP contribution in [0.15, 0.2) is 6.20 Å². The van der Waals surface area contributed by atoms with E-state index in [1.165, 1.54) is 6.42 Å². The van der Waals surface area contributed by atoms with E-state index in [-0.39, 0.29) is 0 Å². The first-order valence-corrected chi connectivity index (χ1v) is 4.61. The van der Waals surface area contributed by atoms with Crippen molar-refractivity contribution in [2.45, 2.75) is 40.2 Å². The summed E-state index contributed by atoms with van der Waals surface area (Å²) in [6.45, 7) is 7.43. The van der Waals surface area contributed by atoms with Crippen molar-refractivity contribution in [3.8, 4) is 0 Å². The van der Waals surface area contributed by atoms with Gasteiger partial charge in [-0.05, 0) is 25.7 Å². The zero-order valence-electron chi connectivity index (χ0n) is 8.12. The zero-order chi connectivity index (χ0) is 8.97. The molecule has 0 bridgehead atoms. The largest absolute Gasteiger partial charge is 0.253 e. The number of hydrogen-bond donors (Lipinski definition) is 0. The molecule has 0 saturated carbocycles. The molecular weight excluding hydrogens is 150 g/mol. The molecule has 1 aromatic rings. The average molecular weight is 167 g/mol. The molecule has 0 atom stereocenters. The Bertz CT molecular complexity index is 227. The monoisotopic (exact) mass is 167 g/mol. The molecule has 0 N–H and O–H groups in total.